The van der Waals surface area contributed by atoms with Crippen molar-refractivity contribution in [1.82, 2.24) is 24.5 Å². The molecule has 3 heterocycles. The average Bonchev–Trinajstić information content (AvgIpc) is 3.38. The van der Waals surface area contributed by atoms with E-state index in [2.05, 4.69) is 15.2 Å². The van der Waals surface area contributed by atoms with Gasteiger partial charge in [-0.05, 0) is 34.7 Å². The Bertz CT molecular complexity index is 1820. The molecule has 0 fully saturated rings. The number of amides is 1. The van der Waals surface area contributed by atoms with Crippen LogP contribution in [0.25, 0.3) is 33.5 Å². The molecule has 11 heteroatoms. The first kappa shape index (κ1) is 26.9. The van der Waals surface area contributed by atoms with E-state index >= 15 is 4.39 Å². The first-order chi connectivity index (χ1) is 19.0. The molecule has 0 atom stereocenters. The van der Waals surface area contributed by atoms with Crippen molar-refractivity contribution in [3.63, 3.8) is 0 Å². The summed E-state index contributed by atoms with van der Waals surface area (Å²) in [6.45, 7) is 5.13. The van der Waals surface area contributed by atoms with Gasteiger partial charge in [0.05, 0.1) is 36.0 Å². The Morgan fingerprint density at radius 1 is 1.07 bits per heavy atom. The summed E-state index contributed by atoms with van der Waals surface area (Å²) in [5.74, 6) is -1.42. The van der Waals surface area contributed by atoms with Crippen LogP contribution in [0, 0.1) is 5.82 Å². The van der Waals surface area contributed by atoms with Crippen molar-refractivity contribution < 1.29 is 19.4 Å². The monoisotopic (exact) mass is 542 g/mol. The summed E-state index contributed by atoms with van der Waals surface area (Å²) in [7, 11) is 0. The van der Waals surface area contributed by atoms with Gasteiger partial charge in [0, 0.05) is 28.9 Å². The Morgan fingerprint density at radius 2 is 1.80 bits per heavy atom. The minimum Gasteiger partial charge on any atom is -0.392 e. The molecule has 0 saturated carbocycles. The number of halogens is 1. The van der Waals surface area contributed by atoms with Gasteiger partial charge in [0.2, 0.25) is 0 Å². The maximum Gasteiger partial charge on any atom is 0.283 e. The van der Waals surface area contributed by atoms with Crippen molar-refractivity contribution >= 4 is 16.7 Å². The van der Waals surface area contributed by atoms with Crippen LogP contribution in [0.2, 0.25) is 0 Å². The van der Waals surface area contributed by atoms with Crippen LogP contribution in [0.1, 0.15) is 47.8 Å². The molecular weight excluding hydrogens is 515 g/mol. The molecule has 3 aromatic heterocycles. The number of nitrogens with two attached hydrogens (primary N) is 1. The second-order valence-corrected chi connectivity index (χ2v) is 10.4. The summed E-state index contributed by atoms with van der Waals surface area (Å²) in [6, 6.07) is 11.4. The highest BCUT2D eigenvalue weighted by atomic mass is 19.1. The summed E-state index contributed by atoms with van der Waals surface area (Å²) in [6.07, 6.45) is 4.19. The predicted molar refractivity (Wildman–Crippen MR) is 147 cm³/mol. The van der Waals surface area contributed by atoms with Crippen molar-refractivity contribution in [2.75, 3.05) is 0 Å². The normalized spacial score (nSPS) is 11.8. The highest BCUT2D eigenvalue weighted by Crippen LogP contribution is 2.29. The van der Waals surface area contributed by atoms with Gasteiger partial charge in [0.15, 0.2) is 5.82 Å². The fourth-order valence-electron chi connectivity index (χ4n) is 4.50. The van der Waals surface area contributed by atoms with E-state index in [1.54, 1.807) is 36.4 Å². The number of hydrogen-bond donors (Lipinski definition) is 3. The van der Waals surface area contributed by atoms with Crippen LogP contribution in [0.5, 0.6) is 0 Å². The van der Waals surface area contributed by atoms with Gasteiger partial charge in [0.1, 0.15) is 11.5 Å². The fourth-order valence-corrected chi connectivity index (χ4v) is 4.50. The number of fused-ring (bicyclic) bond motifs is 1. The molecule has 1 amide bonds. The van der Waals surface area contributed by atoms with E-state index in [4.69, 9.17) is 5.73 Å². The second-order valence-electron chi connectivity index (χ2n) is 10.4. The number of rotatable bonds is 6. The fraction of sp³-hybridized carbons (Fsp3) is 0.207. The number of hydrogen-bond acceptors (Lipinski definition) is 7. The molecule has 0 unspecified atom stereocenters. The molecule has 0 aliphatic heterocycles. The Kier molecular flexibility index (Phi) is 6.78. The Hall–Kier alpha value is -4.74. The zero-order valence-electron chi connectivity index (χ0n) is 22.1. The molecule has 10 nitrogen and oxygen atoms in total. The molecule has 0 aliphatic rings. The summed E-state index contributed by atoms with van der Waals surface area (Å²) in [5.41, 5.74) is 7.44. The molecule has 0 saturated heterocycles. The van der Waals surface area contributed by atoms with E-state index < -0.39 is 23.9 Å². The molecule has 5 rings (SSSR count). The Labute approximate surface area is 228 Å². The molecule has 204 valence electrons. The average molecular weight is 543 g/mol. The first-order valence-electron chi connectivity index (χ1n) is 12.4. The predicted octanol–water partition coefficient (Wildman–Crippen LogP) is 3.15. The summed E-state index contributed by atoms with van der Waals surface area (Å²) >= 11 is 0. The zero-order valence-corrected chi connectivity index (χ0v) is 22.1. The van der Waals surface area contributed by atoms with Gasteiger partial charge in [-0.1, -0.05) is 45.0 Å². The standard InChI is InChI=1S/C29H27FN6O4/c1-29(2,3)19-10-18-12-33-36(28(40)24(18)22(30)11-19)27-21(15-38)23(8-9-32-27)35-13-20(26(31)39)25(34-35)17-6-4-16(14-37)5-7-17/h4-13,37-38H,14-15H2,1-3H3,(H2,31,39). The molecule has 40 heavy (non-hydrogen) atoms. The number of aliphatic hydroxyl groups is 2. The highest BCUT2D eigenvalue weighted by molar-refractivity contribution is 5.98. The number of aliphatic hydroxyl groups excluding tert-OH is 2. The lowest BCUT2D eigenvalue weighted by atomic mass is 9.86. The number of benzene rings is 2. The third-order valence-corrected chi connectivity index (χ3v) is 6.71. The Morgan fingerprint density at radius 3 is 2.42 bits per heavy atom. The van der Waals surface area contributed by atoms with Crippen LogP contribution in [0.3, 0.4) is 0 Å². The van der Waals surface area contributed by atoms with Crippen molar-refractivity contribution in [2.24, 2.45) is 5.73 Å². The van der Waals surface area contributed by atoms with Crippen LogP contribution in [-0.2, 0) is 18.6 Å². The number of carbonyl (C=O) groups excluding carboxylic acids is 1. The van der Waals surface area contributed by atoms with Crippen molar-refractivity contribution in [2.45, 2.75) is 39.4 Å². The second kappa shape index (κ2) is 10.1. The topological polar surface area (TPSA) is 149 Å². The van der Waals surface area contributed by atoms with Gasteiger partial charge in [0.25, 0.3) is 11.5 Å². The van der Waals surface area contributed by atoms with Gasteiger partial charge in [-0.25, -0.2) is 14.1 Å². The van der Waals surface area contributed by atoms with Crippen LogP contribution in [0.15, 0.2) is 65.8 Å². The van der Waals surface area contributed by atoms with Crippen LogP contribution >= 0.6 is 0 Å². The van der Waals surface area contributed by atoms with Gasteiger partial charge < -0.3 is 15.9 Å². The number of nitrogens with zero attached hydrogens (tertiary/aromatic N) is 5. The maximum atomic E-state index is 15.2. The van der Waals surface area contributed by atoms with Crippen LogP contribution < -0.4 is 11.3 Å². The summed E-state index contributed by atoms with van der Waals surface area (Å²) in [4.78, 5) is 30.0. The van der Waals surface area contributed by atoms with E-state index in [1.165, 1.54) is 29.3 Å². The molecule has 0 radical (unpaired) electrons. The van der Waals surface area contributed by atoms with E-state index in [1.807, 2.05) is 20.8 Å². The molecular formula is C29H27FN6O4. The largest absolute Gasteiger partial charge is 0.392 e. The number of carbonyl (C=O) groups is 1. The van der Waals surface area contributed by atoms with Crippen LogP contribution in [-0.4, -0.2) is 40.7 Å². The first-order valence-corrected chi connectivity index (χ1v) is 12.4. The Balaban J connectivity index is 1.67. The van der Waals surface area contributed by atoms with E-state index in [-0.39, 0.29) is 40.0 Å². The SMILES string of the molecule is CC(C)(C)c1cc(F)c2c(=O)n(-c3nccc(-n4cc(C(N)=O)c(-c5ccc(CO)cc5)n4)c3CO)ncc2c1. The number of aromatic nitrogens is 5. The molecule has 4 N–H and O–H groups in total. The van der Waals surface area contributed by atoms with Crippen molar-refractivity contribution in [3.05, 3.63) is 99.5 Å². The van der Waals surface area contributed by atoms with Gasteiger partial charge in [-0.2, -0.15) is 14.9 Å². The number of pyridine rings is 1. The van der Waals surface area contributed by atoms with Gasteiger partial charge in [-0.3, -0.25) is 9.59 Å². The quantitative estimate of drug-likeness (QED) is 0.298. The minimum absolute atomic E-state index is 0.0174. The van der Waals surface area contributed by atoms with Crippen molar-refractivity contribution in [3.8, 4) is 22.8 Å². The summed E-state index contributed by atoms with van der Waals surface area (Å²) in [5, 5.41) is 28.7. The van der Waals surface area contributed by atoms with Gasteiger partial charge in [-0.15, -0.1) is 0 Å². The lowest BCUT2D eigenvalue weighted by molar-refractivity contribution is 0.100. The van der Waals surface area contributed by atoms with Crippen LogP contribution in [0.4, 0.5) is 4.39 Å². The molecule has 2 aromatic carbocycles. The lowest BCUT2D eigenvalue weighted by Crippen LogP contribution is -2.25. The number of primary amides is 1. The molecule has 5 aromatic rings. The highest BCUT2D eigenvalue weighted by Gasteiger charge is 2.23. The van der Waals surface area contributed by atoms with E-state index in [9.17, 15) is 19.8 Å². The van der Waals surface area contributed by atoms with Crippen molar-refractivity contribution in [1.29, 1.82) is 0 Å². The lowest BCUT2D eigenvalue weighted by Gasteiger charge is -2.20. The smallest absolute Gasteiger partial charge is 0.283 e. The van der Waals surface area contributed by atoms with E-state index in [0.29, 0.717) is 22.2 Å². The molecule has 0 bridgehead atoms. The third-order valence-electron chi connectivity index (χ3n) is 6.71. The summed E-state index contributed by atoms with van der Waals surface area (Å²) < 4.78 is 17.5. The maximum absolute atomic E-state index is 15.2. The molecule has 0 aliphatic carbocycles. The van der Waals surface area contributed by atoms with E-state index in [0.717, 1.165) is 10.2 Å². The molecule has 0 spiro atoms. The zero-order chi connectivity index (χ0) is 28.8. The van der Waals surface area contributed by atoms with Gasteiger partial charge >= 0.3 is 0 Å². The third kappa shape index (κ3) is 4.65. The minimum atomic E-state index is -0.738.